The summed E-state index contributed by atoms with van der Waals surface area (Å²) in [5.74, 6) is -1.34. The van der Waals surface area contributed by atoms with Crippen molar-refractivity contribution in [2.24, 2.45) is 0 Å². The zero-order valence-electron chi connectivity index (χ0n) is 8.98. The molecule has 0 saturated heterocycles. The standard InChI is InChI=1S/C10H10Cl2N2O4/c11-5-1-2-7(6(12)3-5)13-10(18)14-8(4-15)9(16)17/h1-3,8,15H,4H2,(H,16,17)(H2,13,14,18)/t8-/m1/s1. The minimum Gasteiger partial charge on any atom is -0.480 e. The first-order valence-electron chi connectivity index (χ1n) is 4.80. The van der Waals surface area contributed by atoms with Gasteiger partial charge in [0.25, 0.3) is 0 Å². The van der Waals surface area contributed by atoms with E-state index in [1.807, 2.05) is 0 Å². The number of benzene rings is 1. The molecule has 0 unspecified atom stereocenters. The number of hydrogen-bond donors (Lipinski definition) is 4. The van der Waals surface area contributed by atoms with Crippen LogP contribution >= 0.6 is 23.2 Å². The number of rotatable bonds is 4. The molecule has 2 amide bonds. The lowest BCUT2D eigenvalue weighted by atomic mass is 10.3. The first-order chi connectivity index (χ1) is 8.43. The number of carboxylic acids is 1. The fourth-order valence-electron chi connectivity index (χ4n) is 1.09. The van der Waals surface area contributed by atoms with Crippen LogP contribution in [0.4, 0.5) is 10.5 Å². The molecule has 1 rings (SSSR count). The maximum atomic E-state index is 11.4. The van der Waals surface area contributed by atoms with Gasteiger partial charge in [-0.3, -0.25) is 0 Å². The maximum absolute atomic E-state index is 11.4. The van der Waals surface area contributed by atoms with Gasteiger partial charge < -0.3 is 20.8 Å². The van der Waals surface area contributed by atoms with Crippen LogP contribution in [0.25, 0.3) is 0 Å². The highest BCUT2D eigenvalue weighted by atomic mass is 35.5. The summed E-state index contributed by atoms with van der Waals surface area (Å²) in [4.78, 5) is 22.0. The Morgan fingerprint density at radius 2 is 2.00 bits per heavy atom. The molecule has 8 heteroatoms. The smallest absolute Gasteiger partial charge is 0.328 e. The summed E-state index contributed by atoms with van der Waals surface area (Å²) in [5.41, 5.74) is 0.278. The number of carboxylic acid groups (broad SMARTS) is 1. The average Bonchev–Trinajstić information content (AvgIpc) is 2.29. The number of carbonyl (C=O) groups is 2. The van der Waals surface area contributed by atoms with Crippen LogP contribution in [0.2, 0.25) is 10.0 Å². The Hall–Kier alpha value is -1.50. The van der Waals surface area contributed by atoms with Crippen molar-refractivity contribution in [3.8, 4) is 0 Å². The van der Waals surface area contributed by atoms with Crippen LogP contribution in [-0.2, 0) is 4.79 Å². The van der Waals surface area contributed by atoms with Crippen molar-refractivity contribution < 1.29 is 19.8 Å². The molecule has 1 aromatic rings. The molecule has 0 aromatic heterocycles. The highest BCUT2D eigenvalue weighted by Gasteiger charge is 2.18. The molecule has 4 N–H and O–H groups in total. The van der Waals surface area contributed by atoms with Gasteiger partial charge in [-0.05, 0) is 18.2 Å². The number of halogens is 2. The molecule has 0 aliphatic carbocycles. The third-order valence-electron chi connectivity index (χ3n) is 1.97. The van der Waals surface area contributed by atoms with Crippen LogP contribution < -0.4 is 10.6 Å². The van der Waals surface area contributed by atoms with Gasteiger partial charge in [0.1, 0.15) is 0 Å². The maximum Gasteiger partial charge on any atom is 0.328 e. The molecular formula is C10H10Cl2N2O4. The lowest BCUT2D eigenvalue weighted by molar-refractivity contribution is -0.140. The number of carbonyl (C=O) groups excluding carboxylic acids is 1. The number of hydrogen-bond acceptors (Lipinski definition) is 3. The molecule has 0 aliphatic heterocycles. The molecule has 0 spiro atoms. The highest BCUT2D eigenvalue weighted by molar-refractivity contribution is 6.36. The molecule has 0 aliphatic rings. The SMILES string of the molecule is O=C(Nc1ccc(Cl)cc1Cl)N[C@H](CO)C(=O)O. The molecule has 0 saturated carbocycles. The number of amides is 2. The van der Waals surface area contributed by atoms with Gasteiger partial charge in [-0.25, -0.2) is 9.59 Å². The average molecular weight is 293 g/mol. The van der Waals surface area contributed by atoms with Gasteiger partial charge in [-0.1, -0.05) is 23.2 Å². The van der Waals surface area contributed by atoms with Crippen LogP contribution in [0.3, 0.4) is 0 Å². The second-order valence-corrected chi connectivity index (χ2v) is 4.14. The third kappa shape index (κ3) is 4.06. The number of nitrogens with one attached hydrogen (secondary N) is 2. The van der Waals surface area contributed by atoms with Gasteiger partial charge in [-0.2, -0.15) is 0 Å². The molecule has 98 valence electrons. The zero-order chi connectivity index (χ0) is 13.7. The summed E-state index contributed by atoms with van der Waals surface area (Å²) >= 11 is 11.5. The fraction of sp³-hybridized carbons (Fsp3) is 0.200. The van der Waals surface area contributed by atoms with Gasteiger partial charge in [0, 0.05) is 5.02 Å². The Bertz CT molecular complexity index is 467. The predicted molar refractivity (Wildman–Crippen MR) is 67.1 cm³/mol. The van der Waals surface area contributed by atoms with Gasteiger partial charge in [0.05, 0.1) is 17.3 Å². The normalized spacial score (nSPS) is 11.7. The van der Waals surface area contributed by atoms with Crippen LogP contribution in [0, 0.1) is 0 Å². The summed E-state index contributed by atoms with van der Waals surface area (Å²) in [5, 5.41) is 22.4. The van der Waals surface area contributed by atoms with E-state index in [-0.39, 0.29) is 10.7 Å². The number of urea groups is 1. The van der Waals surface area contributed by atoms with E-state index in [2.05, 4.69) is 10.6 Å². The Morgan fingerprint density at radius 3 is 2.50 bits per heavy atom. The van der Waals surface area contributed by atoms with Crippen molar-refractivity contribution in [2.75, 3.05) is 11.9 Å². The molecule has 18 heavy (non-hydrogen) atoms. The van der Waals surface area contributed by atoms with Crippen LogP contribution in [0.15, 0.2) is 18.2 Å². The van der Waals surface area contributed by atoms with Crippen molar-refractivity contribution in [3.05, 3.63) is 28.2 Å². The van der Waals surface area contributed by atoms with E-state index in [9.17, 15) is 9.59 Å². The molecule has 1 aromatic carbocycles. The zero-order valence-corrected chi connectivity index (χ0v) is 10.5. The number of aliphatic carboxylic acids is 1. The third-order valence-corrected chi connectivity index (χ3v) is 2.51. The first kappa shape index (κ1) is 14.6. The van der Waals surface area contributed by atoms with Gasteiger partial charge in [-0.15, -0.1) is 0 Å². The van der Waals surface area contributed by atoms with Gasteiger partial charge in [0.2, 0.25) is 0 Å². The lowest BCUT2D eigenvalue weighted by Crippen LogP contribution is -2.45. The summed E-state index contributed by atoms with van der Waals surface area (Å²) in [6, 6.07) is 2.25. The quantitative estimate of drug-likeness (QED) is 0.677. The summed E-state index contributed by atoms with van der Waals surface area (Å²) in [6.07, 6.45) is 0. The van der Waals surface area contributed by atoms with Crippen molar-refractivity contribution >= 4 is 40.9 Å². The van der Waals surface area contributed by atoms with Crippen LogP contribution in [-0.4, -0.2) is 34.9 Å². The monoisotopic (exact) mass is 292 g/mol. The minimum absolute atomic E-state index is 0.216. The van der Waals surface area contributed by atoms with E-state index in [4.69, 9.17) is 33.4 Å². The second-order valence-electron chi connectivity index (χ2n) is 3.30. The summed E-state index contributed by atoms with van der Waals surface area (Å²) in [6.45, 7) is -0.711. The Kier molecular flexibility index (Phi) is 5.21. The Balaban J connectivity index is 2.67. The van der Waals surface area contributed by atoms with Gasteiger partial charge >= 0.3 is 12.0 Å². The topological polar surface area (TPSA) is 98.7 Å². The van der Waals surface area contributed by atoms with Crippen LogP contribution in [0.5, 0.6) is 0 Å². The summed E-state index contributed by atoms with van der Waals surface area (Å²) in [7, 11) is 0. The van der Waals surface area contributed by atoms with Gasteiger partial charge in [0.15, 0.2) is 6.04 Å². The molecule has 0 heterocycles. The van der Waals surface area contributed by atoms with E-state index in [0.29, 0.717) is 5.02 Å². The van der Waals surface area contributed by atoms with E-state index in [1.165, 1.54) is 18.2 Å². The van der Waals surface area contributed by atoms with Crippen molar-refractivity contribution in [2.45, 2.75) is 6.04 Å². The molecule has 0 fully saturated rings. The van der Waals surface area contributed by atoms with E-state index >= 15 is 0 Å². The molecule has 0 bridgehead atoms. The number of aliphatic hydroxyl groups is 1. The van der Waals surface area contributed by atoms with E-state index < -0.39 is 24.6 Å². The predicted octanol–water partition coefficient (Wildman–Crippen LogP) is 1.56. The largest absolute Gasteiger partial charge is 0.480 e. The van der Waals surface area contributed by atoms with E-state index in [1.54, 1.807) is 0 Å². The molecule has 1 atom stereocenters. The van der Waals surface area contributed by atoms with Crippen LogP contribution in [0.1, 0.15) is 0 Å². The molecule has 0 radical (unpaired) electrons. The van der Waals surface area contributed by atoms with E-state index in [0.717, 1.165) is 0 Å². The number of aliphatic hydroxyl groups excluding tert-OH is 1. The van der Waals surface area contributed by atoms with Crippen molar-refractivity contribution in [3.63, 3.8) is 0 Å². The van der Waals surface area contributed by atoms with Crippen molar-refractivity contribution in [1.29, 1.82) is 0 Å². The minimum atomic E-state index is -1.38. The number of anilines is 1. The highest BCUT2D eigenvalue weighted by Crippen LogP contribution is 2.25. The Labute approximate surface area is 113 Å². The fourth-order valence-corrected chi connectivity index (χ4v) is 1.55. The second kappa shape index (κ2) is 6.44. The summed E-state index contributed by atoms with van der Waals surface area (Å²) < 4.78 is 0. The lowest BCUT2D eigenvalue weighted by Gasteiger charge is -2.13. The molecular weight excluding hydrogens is 283 g/mol. The first-order valence-corrected chi connectivity index (χ1v) is 5.56. The Morgan fingerprint density at radius 1 is 1.33 bits per heavy atom. The van der Waals surface area contributed by atoms with Crippen molar-refractivity contribution in [1.82, 2.24) is 5.32 Å². The molecule has 6 nitrogen and oxygen atoms in total.